The number of aromatic nitrogens is 2. The van der Waals surface area contributed by atoms with Crippen LogP contribution < -0.4 is 0 Å². The van der Waals surface area contributed by atoms with E-state index in [1.54, 1.807) is 12.1 Å². The zero-order chi connectivity index (χ0) is 30.5. The Hall–Kier alpha value is -4.35. The SMILES string of the molecule is C=CCC(O)c1cc2cccc(C)c2nc1-c1ccccc1Cl.Cc1cccc2cc(C=O)c(-c3ccccc3Cl)nc12. The maximum absolute atomic E-state index is 11.4. The van der Waals surface area contributed by atoms with Gasteiger partial charge < -0.3 is 5.11 Å². The molecule has 0 bridgehead atoms. The molecule has 0 spiro atoms. The third kappa shape index (κ3) is 6.37. The molecule has 214 valence electrons. The lowest BCUT2D eigenvalue weighted by Crippen LogP contribution is -2.02. The Labute approximate surface area is 261 Å². The average Bonchev–Trinajstić information content (AvgIpc) is 3.01. The molecule has 0 amide bonds. The van der Waals surface area contributed by atoms with Gasteiger partial charge in [-0.25, -0.2) is 9.97 Å². The summed E-state index contributed by atoms with van der Waals surface area (Å²) >= 11 is 12.6. The number of rotatable bonds is 6. The minimum atomic E-state index is -0.656. The van der Waals surface area contributed by atoms with Crippen molar-refractivity contribution in [1.29, 1.82) is 0 Å². The number of aliphatic hydroxyl groups is 1. The number of carbonyl (C=O) groups excluding carboxylic acids is 1. The Morgan fingerprint density at radius 1 is 0.744 bits per heavy atom. The van der Waals surface area contributed by atoms with Crippen LogP contribution in [-0.2, 0) is 0 Å². The van der Waals surface area contributed by atoms with Crippen molar-refractivity contribution in [3.8, 4) is 22.5 Å². The van der Waals surface area contributed by atoms with E-state index in [0.29, 0.717) is 27.7 Å². The number of carbonyl (C=O) groups is 1. The number of para-hydroxylation sites is 2. The van der Waals surface area contributed by atoms with Crippen molar-refractivity contribution in [1.82, 2.24) is 9.97 Å². The highest BCUT2D eigenvalue weighted by atomic mass is 35.5. The van der Waals surface area contributed by atoms with E-state index in [2.05, 4.69) is 11.6 Å². The van der Waals surface area contributed by atoms with Crippen LogP contribution in [0.15, 0.2) is 110 Å². The van der Waals surface area contributed by atoms with Gasteiger partial charge in [0, 0.05) is 43.1 Å². The second-order valence-corrected chi connectivity index (χ2v) is 11.1. The van der Waals surface area contributed by atoms with Gasteiger partial charge in [0.25, 0.3) is 0 Å². The highest BCUT2D eigenvalue weighted by molar-refractivity contribution is 6.33. The van der Waals surface area contributed by atoms with Crippen LogP contribution in [0.2, 0.25) is 10.0 Å². The van der Waals surface area contributed by atoms with Crippen LogP contribution in [-0.4, -0.2) is 21.4 Å². The van der Waals surface area contributed by atoms with Gasteiger partial charge in [0.05, 0.1) is 28.5 Å². The molecule has 6 rings (SSSR count). The summed E-state index contributed by atoms with van der Waals surface area (Å²) < 4.78 is 0. The highest BCUT2D eigenvalue weighted by Gasteiger charge is 2.18. The van der Waals surface area contributed by atoms with Crippen molar-refractivity contribution in [2.45, 2.75) is 26.4 Å². The Balaban J connectivity index is 0.000000173. The second kappa shape index (κ2) is 13.3. The number of hydrogen-bond acceptors (Lipinski definition) is 4. The fourth-order valence-electron chi connectivity index (χ4n) is 5.09. The summed E-state index contributed by atoms with van der Waals surface area (Å²) in [4.78, 5) is 20.8. The third-order valence-electron chi connectivity index (χ3n) is 7.29. The molecule has 0 fully saturated rings. The van der Waals surface area contributed by atoms with Gasteiger partial charge in [-0.15, -0.1) is 6.58 Å². The fraction of sp³-hybridized carbons (Fsp3) is 0.108. The van der Waals surface area contributed by atoms with Crippen LogP contribution in [0.3, 0.4) is 0 Å². The van der Waals surface area contributed by atoms with E-state index in [1.165, 1.54) is 0 Å². The van der Waals surface area contributed by atoms with Crippen LogP contribution in [0.4, 0.5) is 0 Å². The standard InChI is InChI=1S/C20H18ClNO.C17H12ClNO/c1-3-7-18(23)16-12-14-9-6-8-13(2)19(14)22-20(16)15-10-4-5-11-17(15)21;1-11-5-4-6-12-9-13(10-20)17(19-16(11)12)14-7-2-3-8-15(14)18/h3-6,8-12,18,23H,1,7H2,2H3;2-10H,1H3. The van der Waals surface area contributed by atoms with Crippen LogP contribution in [0.25, 0.3) is 44.3 Å². The predicted molar refractivity (Wildman–Crippen MR) is 179 cm³/mol. The molecule has 1 unspecified atom stereocenters. The summed E-state index contributed by atoms with van der Waals surface area (Å²) in [7, 11) is 0. The summed E-state index contributed by atoms with van der Waals surface area (Å²) in [6, 6.07) is 30.8. The lowest BCUT2D eigenvalue weighted by atomic mass is 9.97. The molecule has 6 heteroatoms. The number of fused-ring (bicyclic) bond motifs is 2. The van der Waals surface area contributed by atoms with Gasteiger partial charge in [0.15, 0.2) is 6.29 Å². The second-order valence-electron chi connectivity index (χ2n) is 10.3. The van der Waals surface area contributed by atoms with Crippen molar-refractivity contribution in [2.75, 3.05) is 0 Å². The Kier molecular flexibility index (Phi) is 9.32. The smallest absolute Gasteiger partial charge is 0.152 e. The number of benzene rings is 4. The Morgan fingerprint density at radius 3 is 1.79 bits per heavy atom. The average molecular weight is 606 g/mol. The molecule has 6 aromatic rings. The van der Waals surface area contributed by atoms with Crippen LogP contribution >= 0.6 is 23.2 Å². The zero-order valence-corrected chi connectivity index (χ0v) is 25.4. The quantitative estimate of drug-likeness (QED) is 0.152. The molecular formula is C37H30Cl2N2O2. The van der Waals surface area contributed by atoms with E-state index >= 15 is 0 Å². The highest BCUT2D eigenvalue weighted by Crippen LogP contribution is 2.36. The number of aldehydes is 1. The summed E-state index contributed by atoms with van der Waals surface area (Å²) in [5.41, 5.74) is 8.30. The molecule has 0 aliphatic heterocycles. The molecule has 0 saturated heterocycles. The summed E-state index contributed by atoms with van der Waals surface area (Å²) in [5, 5.41) is 13.7. The predicted octanol–water partition coefficient (Wildman–Crippen LogP) is 10.1. The molecular weight excluding hydrogens is 575 g/mol. The summed E-state index contributed by atoms with van der Waals surface area (Å²) in [6.45, 7) is 7.76. The van der Waals surface area contributed by atoms with Gasteiger partial charge in [-0.3, -0.25) is 4.79 Å². The van der Waals surface area contributed by atoms with E-state index in [0.717, 1.165) is 61.6 Å². The summed E-state index contributed by atoms with van der Waals surface area (Å²) in [5.74, 6) is 0. The molecule has 1 N–H and O–H groups in total. The van der Waals surface area contributed by atoms with Gasteiger partial charge >= 0.3 is 0 Å². The van der Waals surface area contributed by atoms with Gasteiger partial charge in [-0.1, -0.05) is 102 Å². The molecule has 0 radical (unpaired) electrons. The van der Waals surface area contributed by atoms with Crippen molar-refractivity contribution >= 4 is 51.3 Å². The number of nitrogens with zero attached hydrogens (tertiary/aromatic N) is 2. The Morgan fingerprint density at radius 2 is 1.26 bits per heavy atom. The van der Waals surface area contributed by atoms with Crippen LogP contribution in [0.1, 0.15) is 39.6 Å². The molecule has 2 heterocycles. The lowest BCUT2D eigenvalue weighted by Gasteiger charge is -2.16. The molecule has 4 nitrogen and oxygen atoms in total. The van der Waals surface area contributed by atoms with Crippen LogP contribution in [0, 0.1) is 13.8 Å². The topological polar surface area (TPSA) is 63.1 Å². The minimum absolute atomic E-state index is 0.469. The van der Waals surface area contributed by atoms with Gasteiger partial charge in [-0.2, -0.15) is 0 Å². The molecule has 43 heavy (non-hydrogen) atoms. The monoisotopic (exact) mass is 604 g/mol. The van der Waals surface area contributed by atoms with Crippen molar-refractivity contribution < 1.29 is 9.90 Å². The maximum Gasteiger partial charge on any atom is 0.152 e. The van der Waals surface area contributed by atoms with E-state index < -0.39 is 6.10 Å². The maximum atomic E-state index is 11.4. The van der Waals surface area contributed by atoms with Crippen molar-refractivity contribution in [3.63, 3.8) is 0 Å². The van der Waals surface area contributed by atoms with E-state index in [4.69, 9.17) is 28.2 Å². The summed E-state index contributed by atoms with van der Waals surface area (Å²) in [6.07, 6.45) is 2.35. The molecule has 0 saturated carbocycles. The number of pyridine rings is 2. The third-order valence-corrected chi connectivity index (χ3v) is 7.95. The molecule has 4 aromatic carbocycles. The number of hydrogen-bond donors (Lipinski definition) is 1. The first kappa shape index (κ1) is 30.1. The number of aliphatic hydroxyl groups excluding tert-OH is 1. The number of aryl methyl sites for hydroxylation is 2. The normalized spacial score (nSPS) is 11.6. The first-order chi connectivity index (χ1) is 20.8. The molecule has 1 atom stereocenters. The molecule has 0 aliphatic rings. The molecule has 2 aromatic heterocycles. The van der Waals surface area contributed by atoms with Crippen LogP contribution in [0.5, 0.6) is 0 Å². The van der Waals surface area contributed by atoms with E-state index in [1.807, 2.05) is 105 Å². The number of halogens is 2. The van der Waals surface area contributed by atoms with E-state index in [9.17, 15) is 9.90 Å². The Bertz CT molecular complexity index is 1970. The van der Waals surface area contributed by atoms with Crippen molar-refractivity contribution in [3.05, 3.63) is 142 Å². The van der Waals surface area contributed by atoms with Gasteiger partial charge in [0.2, 0.25) is 0 Å². The minimum Gasteiger partial charge on any atom is -0.388 e. The largest absolute Gasteiger partial charge is 0.388 e. The molecule has 0 aliphatic carbocycles. The zero-order valence-electron chi connectivity index (χ0n) is 23.9. The first-order valence-corrected chi connectivity index (χ1v) is 14.6. The fourth-order valence-corrected chi connectivity index (χ4v) is 5.54. The van der Waals surface area contributed by atoms with Gasteiger partial charge in [-0.05, 0) is 55.7 Å². The van der Waals surface area contributed by atoms with Crippen molar-refractivity contribution in [2.24, 2.45) is 0 Å². The van der Waals surface area contributed by atoms with E-state index in [-0.39, 0.29) is 0 Å². The lowest BCUT2D eigenvalue weighted by molar-refractivity contribution is 0.112. The van der Waals surface area contributed by atoms with Gasteiger partial charge in [0.1, 0.15) is 0 Å². The first-order valence-electron chi connectivity index (χ1n) is 13.9.